The number of aliphatic carboxylic acids is 1. The summed E-state index contributed by atoms with van der Waals surface area (Å²) in [6.45, 7) is 1.88. The van der Waals surface area contributed by atoms with Crippen LogP contribution in [0.25, 0.3) is 0 Å². The van der Waals surface area contributed by atoms with E-state index in [4.69, 9.17) is 15.2 Å². The first-order valence-electron chi connectivity index (χ1n) is 10.3. The summed E-state index contributed by atoms with van der Waals surface area (Å²) in [4.78, 5) is 48.2. The van der Waals surface area contributed by atoms with E-state index >= 15 is 0 Å². The number of nitrogens with one attached hydrogen (secondary N) is 1. The molecule has 0 heterocycles. The SMILES string of the molecule is CCCCOC(=O)N(C(=O)CN)[C@@H](CCCCNC(=O)OCc1ccccc1)C(=O)O. The number of nitrogens with two attached hydrogens (primary N) is 1. The zero-order valence-corrected chi connectivity index (χ0v) is 17.7. The van der Waals surface area contributed by atoms with Crippen LogP contribution in [-0.2, 0) is 25.7 Å². The van der Waals surface area contributed by atoms with Gasteiger partial charge in [0.1, 0.15) is 12.6 Å². The molecule has 4 N–H and O–H groups in total. The fraction of sp³-hybridized carbons (Fsp3) is 0.524. The number of alkyl carbamates (subject to hydrolysis) is 1. The Bertz CT molecular complexity index is 712. The Hall–Kier alpha value is -3.14. The van der Waals surface area contributed by atoms with Gasteiger partial charge in [0.2, 0.25) is 5.91 Å². The van der Waals surface area contributed by atoms with Crippen molar-refractivity contribution in [2.45, 2.75) is 51.7 Å². The molecule has 0 fully saturated rings. The molecule has 1 aromatic carbocycles. The van der Waals surface area contributed by atoms with Crippen molar-refractivity contribution >= 4 is 24.1 Å². The standard InChI is InChI=1S/C21H31N3O7/c1-2-3-13-30-21(29)24(18(25)14-22)17(19(26)27)11-7-8-12-23-20(28)31-15-16-9-5-4-6-10-16/h4-6,9-10,17H,2-3,7-8,11-15,22H2,1H3,(H,23,28)(H,26,27)/t17-/m0/s1. The maximum Gasteiger partial charge on any atom is 0.417 e. The molecule has 172 valence electrons. The van der Waals surface area contributed by atoms with Crippen LogP contribution in [0.5, 0.6) is 0 Å². The highest BCUT2D eigenvalue weighted by Crippen LogP contribution is 2.12. The number of unbranched alkanes of at least 4 members (excludes halogenated alkanes) is 2. The van der Waals surface area contributed by atoms with Crippen LogP contribution < -0.4 is 11.1 Å². The lowest BCUT2D eigenvalue weighted by Crippen LogP contribution is -2.51. The van der Waals surface area contributed by atoms with Crippen molar-refractivity contribution in [2.24, 2.45) is 5.73 Å². The third-order valence-electron chi connectivity index (χ3n) is 4.35. The van der Waals surface area contributed by atoms with Gasteiger partial charge >= 0.3 is 18.2 Å². The van der Waals surface area contributed by atoms with Gasteiger partial charge in [0.15, 0.2) is 0 Å². The van der Waals surface area contributed by atoms with Gasteiger partial charge in [-0.2, -0.15) is 0 Å². The predicted molar refractivity (Wildman–Crippen MR) is 112 cm³/mol. The smallest absolute Gasteiger partial charge is 0.417 e. The summed E-state index contributed by atoms with van der Waals surface area (Å²) in [5, 5.41) is 12.1. The number of imide groups is 1. The number of carbonyl (C=O) groups is 4. The van der Waals surface area contributed by atoms with E-state index in [1.165, 1.54) is 0 Å². The summed E-state index contributed by atoms with van der Waals surface area (Å²) in [5.41, 5.74) is 6.19. The number of nitrogens with zero attached hydrogens (tertiary/aromatic N) is 1. The molecule has 0 aliphatic rings. The molecule has 0 bridgehead atoms. The number of carboxylic acid groups (broad SMARTS) is 1. The Balaban J connectivity index is 2.46. The van der Waals surface area contributed by atoms with Crippen LogP contribution in [0.4, 0.5) is 9.59 Å². The quantitative estimate of drug-likeness (QED) is 0.398. The molecule has 0 radical (unpaired) electrons. The van der Waals surface area contributed by atoms with Crippen molar-refractivity contribution in [1.29, 1.82) is 0 Å². The molecule has 1 atom stereocenters. The summed E-state index contributed by atoms with van der Waals surface area (Å²) >= 11 is 0. The molecule has 0 aliphatic carbocycles. The van der Waals surface area contributed by atoms with E-state index < -0.39 is 36.6 Å². The van der Waals surface area contributed by atoms with Gasteiger partial charge in [-0.25, -0.2) is 19.3 Å². The van der Waals surface area contributed by atoms with E-state index in [-0.39, 0.29) is 26.2 Å². The summed E-state index contributed by atoms with van der Waals surface area (Å²) in [6, 6.07) is 7.82. The highest BCUT2D eigenvalue weighted by molar-refractivity contribution is 5.97. The van der Waals surface area contributed by atoms with E-state index in [2.05, 4.69) is 5.32 Å². The number of hydrogen-bond donors (Lipinski definition) is 3. The minimum Gasteiger partial charge on any atom is -0.480 e. The van der Waals surface area contributed by atoms with Gasteiger partial charge < -0.3 is 25.6 Å². The van der Waals surface area contributed by atoms with Crippen LogP contribution in [0.2, 0.25) is 0 Å². The number of amides is 3. The molecule has 3 amide bonds. The van der Waals surface area contributed by atoms with Crippen LogP contribution in [0.15, 0.2) is 30.3 Å². The fourth-order valence-corrected chi connectivity index (χ4v) is 2.66. The second-order valence-electron chi connectivity index (χ2n) is 6.77. The molecule has 0 aliphatic heterocycles. The lowest BCUT2D eigenvalue weighted by molar-refractivity contribution is -0.148. The summed E-state index contributed by atoms with van der Waals surface area (Å²) < 4.78 is 10.1. The molecule has 1 aromatic rings. The van der Waals surface area contributed by atoms with Gasteiger partial charge in [0.05, 0.1) is 13.2 Å². The second kappa shape index (κ2) is 14.8. The van der Waals surface area contributed by atoms with Gasteiger partial charge in [-0.05, 0) is 31.2 Å². The minimum atomic E-state index is -1.39. The van der Waals surface area contributed by atoms with Gasteiger partial charge in [0.25, 0.3) is 0 Å². The average molecular weight is 437 g/mol. The zero-order valence-electron chi connectivity index (χ0n) is 17.7. The molecular weight excluding hydrogens is 406 g/mol. The molecule has 0 spiro atoms. The first kappa shape index (κ1) is 25.9. The summed E-state index contributed by atoms with van der Waals surface area (Å²) in [5.74, 6) is -2.15. The van der Waals surface area contributed by atoms with Crippen LogP contribution in [-0.4, -0.2) is 59.8 Å². The van der Waals surface area contributed by atoms with Crippen LogP contribution in [0.3, 0.4) is 0 Å². The van der Waals surface area contributed by atoms with Gasteiger partial charge in [-0.3, -0.25) is 4.79 Å². The van der Waals surface area contributed by atoms with Crippen molar-refractivity contribution in [3.63, 3.8) is 0 Å². The molecular formula is C21H31N3O7. The predicted octanol–water partition coefficient (Wildman–Crippen LogP) is 2.26. The molecule has 0 saturated heterocycles. The Morgan fingerprint density at radius 1 is 1.10 bits per heavy atom. The van der Waals surface area contributed by atoms with Gasteiger partial charge in [0, 0.05) is 6.54 Å². The number of hydrogen-bond acceptors (Lipinski definition) is 7. The monoisotopic (exact) mass is 437 g/mol. The molecule has 10 heteroatoms. The fourth-order valence-electron chi connectivity index (χ4n) is 2.66. The number of ether oxygens (including phenoxy) is 2. The minimum absolute atomic E-state index is 0.00466. The van der Waals surface area contributed by atoms with E-state index in [0.717, 1.165) is 12.0 Å². The topological polar surface area (TPSA) is 148 Å². The number of carboxylic acids is 1. The number of carbonyl (C=O) groups excluding carboxylic acids is 3. The van der Waals surface area contributed by atoms with Crippen molar-refractivity contribution in [3.8, 4) is 0 Å². The Morgan fingerprint density at radius 2 is 1.81 bits per heavy atom. The average Bonchev–Trinajstić information content (AvgIpc) is 2.76. The number of benzene rings is 1. The first-order valence-corrected chi connectivity index (χ1v) is 10.3. The Morgan fingerprint density at radius 3 is 2.42 bits per heavy atom. The van der Waals surface area contributed by atoms with E-state index in [1.54, 1.807) is 0 Å². The highest BCUT2D eigenvalue weighted by atomic mass is 16.6. The molecule has 10 nitrogen and oxygen atoms in total. The molecule has 0 saturated carbocycles. The van der Waals surface area contributed by atoms with E-state index in [9.17, 15) is 24.3 Å². The van der Waals surface area contributed by atoms with Gasteiger partial charge in [-0.15, -0.1) is 0 Å². The third kappa shape index (κ3) is 9.94. The Labute approximate surface area is 181 Å². The lowest BCUT2D eigenvalue weighted by atomic mass is 10.1. The molecule has 0 aromatic heterocycles. The van der Waals surface area contributed by atoms with Gasteiger partial charge in [-0.1, -0.05) is 43.7 Å². The van der Waals surface area contributed by atoms with Crippen LogP contribution in [0, 0.1) is 0 Å². The molecule has 31 heavy (non-hydrogen) atoms. The second-order valence-corrected chi connectivity index (χ2v) is 6.77. The Kier molecular flexibility index (Phi) is 12.3. The largest absolute Gasteiger partial charge is 0.480 e. The van der Waals surface area contributed by atoms with Crippen LogP contribution >= 0.6 is 0 Å². The highest BCUT2D eigenvalue weighted by Gasteiger charge is 2.34. The van der Waals surface area contributed by atoms with Crippen LogP contribution in [0.1, 0.15) is 44.6 Å². The molecule has 0 unspecified atom stereocenters. The van der Waals surface area contributed by atoms with Crippen molar-refractivity contribution < 1.29 is 33.8 Å². The normalized spacial score (nSPS) is 11.3. The maximum absolute atomic E-state index is 12.2. The first-order chi connectivity index (χ1) is 14.9. The summed E-state index contributed by atoms with van der Waals surface area (Å²) in [6.07, 6.45) is 0.551. The lowest BCUT2D eigenvalue weighted by Gasteiger charge is -2.26. The number of rotatable bonds is 13. The molecule has 1 rings (SSSR count). The van der Waals surface area contributed by atoms with E-state index in [0.29, 0.717) is 24.2 Å². The maximum atomic E-state index is 12.2. The zero-order chi connectivity index (χ0) is 23.1. The van der Waals surface area contributed by atoms with Crippen molar-refractivity contribution in [1.82, 2.24) is 10.2 Å². The van der Waals surface area contributed by atoms with Crippen molar-refractivity contribution in [3.05, 3.63) is 35.9 Å². The van der Waals surface area contributed by atoms with E-state index in [1.807, 2.05) is 37.3 Å². The van der Waals surface area contributed by atoms with Crippen molar-refractivity contribution in [2.75, 3.05) is 19.7 Å². The third-order valence-corrected chi connectivity index (χ3v) is 4.35. The summed E-state index contributed by atoms with van der Waals surface area (Å²) in [7, 11) is 0.